The van der Waals surface area contributed by atoms with E-state index in [9.17, 15) is 0 Å². The molecule has 0 saturated carbocycles. The lowest BCUT2D eigenvalue weighted by Crippen LogP contribution is -2.27. The van der Waals surface area contributed by atoms with Gasteiger partial charge in [-0.2, -0.15) is 0 Å². The summed E-state index contributed by atoms with van der Waals surface area (Å²) in [7, 11) is 0. The molecular formula is C16H17N. The Morgan fingerprint density at radius 3 is 2.59 bits per heavy atom. The van der Waals surface area contributed by atoms with E-state index >= 15 is 0 Å². The summed E-state index contributed by atoms with van der Waals surface area (Å²) in [6.45, 7) is 15.0. The van der Waals surface area contributed by atoms with E-state index in [2.05, 4.69) is 62.8 Å². The van der Waals surface area contributed by atoms with Gasteiger partial charge >= 0.3 is 0 Å². The zero-order valence-electron chi connectivity index (χ0n) is 10.7. The molecule has 1 aromatic carbocycles. The van der Waals surface area contributed by atoms with E-state index in [-0.39, 0.29) is 5.41 Å². The minimum atomic E-state index is -0.0304. The first-order valence-electron chi connectivity index (χ1n) is 5.95. The Morgan fingerprint density at radius 2 is 1.88 bits per heavy atom. The minimum Gasteiger partial charge on any atom is -0.314 e. The van der Waals surface area contributed by atoms with Crippen molar-refractivity contribution in [3.63, 3.8) is 0 Å². The summed E-state index contributed by atoms with van der Waals surface area (Å²) in [5.41, 5.74) is 5.98. The molecule has 0 N–H and O–H groups in total. The minimum absolute atomic E-state index is 0.0304. The number of nitrogens with zero attached hydrogens (tertiary/aromatic N) is 1. The molecule has 3 rings (SSSR count). The highest BCUT2D eigenvalue weighted by molar-refractivity contribution is 5.94. The Balaban J connectivity index is 2.57. The maximum absolute atomic E-state index is 4.23. The predicted octanol–water partition coefficient (Wildman–Crippen LogP) is 4.27. The second kappa shape index (κ2) is 2.92. The second-order valence-corrected chi connectivity index (χ2v) is 5.41. The second-order valence-electron chi connectivity index (χ2n) is 5.41. The Hall–Kier alpha value is -1.76. The zero-order valence-corrected chi connectivity index (χ0v) is 10.7. The van der Waals surface area contributed by atoms with Gasteiger partial charge in [0.25, 0.3) is 0 Å². The summed E-state index contributed by atoms with van der Waals surface area (Å²) < 4.78 is 2.23. The van der Waals surface area contributed by atoms with Gasteiger partial charge < -0.3 is 4.57 Å². The number of rotatable bonds is 0. The normalized spacial score (nSPS) is 17.8. The van der Waals surface area contributed by atoms with Gasteiger partial charge in [0.05, 0.1) is 5.52 Å². The molecule has 0 aliphatic carbocycles. The summed E-state index contributed by atoms with van der Waals surface area (Å²) in [5, 5.41) is 1.29. The van der Waals surface area contributed by atoms with E-state index in [1.165, 1.54) is 22.2 Å². The molecule has 0 spiro atoms. The summed E-state index contributed by atoms with van der Waals surface area (Å²) >= 11 is 0. The number of aromatic nitrogens is 1. The molecule has 0 bridgehead atoms. The van der Waals surface area contributed by atoms with Crippen LogP contribution < -0.4 is 0 Å². The number of aryl methyl sites for hydroxylation is 1. The molecule has 2 heterocycles. The third-order valence-electron chi connectivity index (χ3n) is 4.05. The molecule has 0 amide bonds. The highest BCUT2D eigenvalue weighted by Gasteiger charge is 2.34. The van der Waals surface area contributed by atoms with Crippen molar-refractivity contribution in [3.8, 4) is 0 Å². The van der Waals surface area contributed by atoms with Crippen LogP contribution in [0.4, 0.5) is 0 Å². The fourth-order valence-corrected chi connectivity index (χ4v) is 2.90. The lowest BCUT2D eigenvalue weighted by atomic mass is 9.74. The first-order chi connectivity index (χ1) is 7.94. The Morgan fingerprint density at radius 1 is 1.18 bits per heavy atom. The van der Waals surface area contributed by atoms with Gasteiger partial charge in [-0.15, -0.1) is 0 Å². The van der Waals surface area contributed by atoms with E-state index in [0.717, 1.165) is 11.3 Å². The van der Waals surface area contributed by atoms with Crippen LogP contribution in [0.25, 0.3) is 16.6 Å². The molecule has 1 nitrogen and oxygen atoms in total. The summed E-state index contributed by atoms with van der Waals surface area (Å²) in [5.74, 6) is 0. The van der Waals surface area contributed by atoms with Crippen molar-refractivity contribution in [2.24, 2.45) is 0 Å². The molecule has 0 radical (unpaired) electrons. The molecule has 17 heavy (non-hydrogen) atoms. The zero-order chi connectivity index (χ0) is 12.4. The van der Waals surface area contributed by atoms with Gasteiger partial charge in [-0.3, -0.25) is 0 Å². The van der Waals surface area contributed by atoms with Gasteiger partial charge in [-0.1, -0.05) is 45.2 Å². The Labute approximate surface area is 102 Å². The average Bonchev–Trinajstić information content (AvgIpc) is 2.61. The molecule has 1 aliphatic heterocycles. The van der Waals surface area contributed by atoms with Crippen LogP contribution in [-0.4, -0.2) is 4.57 Å². The molecule has 1 aliphatic rings. The fraction of sp³-hybridized carbons (Fsp3) is 0.250. The standard InChI is InChI=1S/C16H17N/c1-10-9-13-7-6-8-14-15(13)17(10)12(3)11(2)16(14,4)5/h6-9H,2-3H2,1,4-5H3. The van der Waals surface area contributed by atoms with Crippen molar-refractivity contribution in [3.05, 3.63) is 54.3 Å². The first-order valence-corrected chi connectivity index (χ1v) is 5.95. The SMILES string of the molecule is C=C1C(=C)C(C)(C)c2cccc3cc(C)n1c23. The van der Waals surface area contributed by atoms with Gasteiger partial charge in [-0.25, -0.2) is 0 Å². The lowest BCUT2D eigenvalue weighted by molar-refractivity contribution is 0.631. The third-order valence-corrected chi connectivity index (χ3v) is 4.05. The highest BCUT2D eigenvalue weighted by atomic mass is 15.0. The van der Waals surface area contributed by atoms with Crippen molar-refractivity contribution in [1.82, 2.24) is 4.57 Å². The van der Waals surface area contributed by atoms with Crippen LogP contribution in [-0.2, 0) is 5.41 Å². The van der Waals surface area contributed by atoms with Crippen LogP contribution in [0.1, 0.15) is 25.1 Å². The van der Waals surface area contributed by atoms with Crippen molar-refractivity contribution in [2.45, 2.75) is 26.2 Å². The van der Waals surface area contributed by atoms with Crippen LogP contribution in [0.2, 0.25) is 0 Å². The Kier molecular flexibility index (Phi) is 1.79. The van der Waals surface area contributed by atoms with Gasteiger partial charge in [0, 0.05) is 22.2 Å². The predicted molar refractivity (Wildman–Crippen MR) is 74.2 cm³/mol. The van der Waals surface area contributed by atoms with Gasteiger partial charge in [0.15, 0.2) is 0 Å². The molecule has 2 aromatic rings. The number of hydrogen-bond donors (Lipinski definition) is 0. The van der Waals surface area contributed by atoms with Gasteiger partial charge in [-0.05, 0) is 24.1 Å². The molecule has 86 valence electrons. The van der Waals surface area contributed by atoms with Crippen LogP contribution in [0, 0.1) is 6.92 Å². The number of benzene rings is 1. The van der Waals surface area contributed by atoms with Gasteiger partial charge in [0.2, 0.25) is 0 Å². The highest BCUT2D eigenvalue weighted by Crippen LogP contribution is 2.45. The summed E-state index contributed by atoms with van der Waals surface area (Å²) in [6.07, 6.45) is 0. The van der Waals surface area contributed by atoms with E-state index in [0.29, 0.717) is 0 Å². The summed E-state index contributed by atoms with van der Waals surface area (Å²) in [6, 6.07) is 8.72. The maximum atomic E-state index is 4.23. The molecule has 0 fully saturated rings. The van der Waals surface area contributed by atoms with Crippen molar-refractivity contribution >= 4 is 16.6 Å². The molecule has 0 saturated heterocycles. The molecule has 1 heteroatoms. The average molecular weight is 223 g/mol. The Bertz CT molecular complexity index is 668. The van der Waals surface area contributed by atoms with E-state index in [1.807, 2.05) is 0 Å². The van der Waals surface area contributed by atoms with Crippen molar-refractivity contribution < 1.29 is 0 Å². The van der Waals surface area contributed by atoms with E-state index in [4.69, 9.17) is 0 Å². The first kappa shape index (κ1) is 10.4. The van der Waals surface area contributed by atoms with Crippen LogP contribution in [0.15, 0.2) is 43.0 Å². The number of hydrogen-bond acceptors (Lipinski definition) is 0. The lowest BCUT2D eigenvalue weighted by Gasteiger charge is -2.36. The number of para-hydroxylation sites is 1. The largest absolute Gasteiger partial charge is 0.314 e. The fourth-order valence-electron chi connectivity index (χ4n) is 2.90. The van der Waals surface area contributed by atoms with E-state index < -0.39 is 0 Å². The monoisotopic (exact) mass is 223 g/mol. The topological polar surface area (TPSA) is 4.93 Å². The third kappa shape index (κ3) is 1.09. The quantitative estimate of drug-likeness (QED) is 0.628. The van der Waals surface area contributed by atoms with Crippen molar-refractivity contribution in [2.75, 3.05) is 0 Å². The molecule has 1 aromatic heterocycles. The van der Waals surface area contributed by atoms with Gasteiger partial charge in [0.1, 0.15) is 0 Å². The maximum Gasteiger partial charge on any atom is 0.0572 e. The smallest absolute Gasteiger partial charge is 0.0572 e. The van der Waals surface area contributed by atoms with Crippen LogP contribution in [0.3, 0.4) is 0 Å². The van der Waals surface area contributed by atoms with Crippen molar-refractivity contribution in [1.29, 1.82) is 0 Å². The van der Waals surface area contributed by atoms with E-state index in [1.54, 1.807) is 0 Å². The molecular weight excluding hydrogens is 206 g/mol. The molecule has 0 atom stereocenters. The molecule has 0 unspecified atom stereocenters. The summed E-state index contributed by atoms with van der Waals surface area (Å²) in [4.78, 5) is 0. The van der Waals surface area contributed by atoms with Crippen LogP contribution in [0.5, 0.6) is 0 Å². The van der Waals surface area contributed by atoms with Crippen LogP contribution >= 0.6 is 0 Å². The number of allylic oxidation sites excluding steroid dienone is 2.